The van der Waals surface area contributed by atoms with Crippen LogP contribution in [-0.4, -0.2) is 5.91 Å². The van der Waals surface area contributed by atoms with Crippen LogP contribution >= 0.6 is 27.5 Å². The minimum atomic E-state index is -0.652. The van der Waals surface area contributed by atoms with Crippen LogP contribution in [0, 0.1) is 17.1 Å². The van der Waals surface area contributed by atoms with Crippen molar-refractivity contribution in [1.29, 1.82) is 5.26 Å². The number of nitriles is 1. The normalized spacial score (nSPS) is 9.47. The lowest BCUT2D eigenvalue weighted by Crippen LogP contribution is -2.11. The van der Waals surface area contributed by atoms with Gasteiger partial charge in [-0.2, -0.15) is 5.26 Å². The van der Waals surface area contributed by atoms with Crippen LogP contribution in [0.3, 0.4) is 0 Å². The molecule has 1 N–H and O–H groups in total. The van der Waals surface area contributed by atoms with Crippen LogP contribution in [0.1, 0.15) is 6.42 Å². The van der Waals surface area contributed by atoms with Crippen molar-refractivity contribution in [1.82, 2.24) is 0 Å². The Bertz CT molecular complexity index is 421. The molecule has 6 heteroatoms. The summed E-state index contributed by atoms with van der Waals surface area (Å²) in [6.45, 7) is 0. The van der Waals surface area contributed by atoms with Crippen molar-refractivity contribution in [3.05, 3.63) is 27.4 Å². The maximum atomic E-state index is 13.3. The molecule has 0 saturated heterocycles. The van der Waals surface area contributed by atoms with Crippen LogP contribution in [0.2, 0.25) is 5.02 Å². The summed E-state index contributed by atoms with van der Waals surface area (Å²) in [7, 11) is 0. The summed E-state index contributed by atoms with van der Waals surface area (Å²) in [5, 5.41) is 10.5. The van der Waals surface area contributed by atoms with Crippen molar-refractivity contribution in [2.75, 3.05) is 5.32 Å². The first-order valence-corrected chi connectivity index (χ1v) is 5.03. The van der Waals surface area contributed by atoms with Gasteiger partial charge in [0, 0.05) is 4.47 Å². The van der Waals surface area contributed by atoms with Crippen LogP contribution in [0.25, 0.3) is 0 Å². The average molecular weight is 292 g/mol. The van der Waals surface area contributed by atoms with E-state index in [1.54, 1.807) is 6.07 Å². The van der Waals surface area contributed by atoms with Crippen molar-refractivity contribution in [2.45, 2.75) is 6.42 Å². The molecule has 0 aliphatic rings. The molecule has 1 rings (SSSR count). The molecule has 15 heavy (non-hydrogen) atoms. The Labute approximate surface area is 99.0 Å². The molecule has 78 valence electrons. The van der Waals surface area contributed by atoms with E-state index in [9.17, 15) is 9.18 Å². The van der Waals surface area contributed by atoms with Crippen molar-refractivity contribution in [2.24, 2.45) is 0 Å². The molecule has 1 amide bonds. The molecule has 0 aromatic heterocycles. The van der Waals surface area contributed by atoms with Gasteiger partial charge in [0.15, 0.2) is 0 Å². The van der Waals surface area contributed by atoms with Gasteiger partial charge in [0.05, 0.1) is 16.8 Å². The monoisotopic (exact) mass is 290 g/mol. The third-order valence-corrected chi connectivity index (χ3v) is 2.27. The predicted octanol–water partition coefficient (Wildman–Crippen LogP) is 3.09. The van der Waals surface area contributed by atoms with Crippen molar-refractivity contribution >= 4 is 39.1 Å². The van der Waals surface area contributed by atoms with Crippen LogP contribution in [-0.2, 0) is 4.79 Å². The number of benzene rings is 1. The van der Waals surface area contributed by atoms with Gasteiger partial charge in [-0.05, 0) is 12.1 Å². The van der Waals surface area contributed by atoms with Crippen LogP contribution in [0.5, 0.6) is 0 Å². The maximum absolute atomic E-state index is 13.3. The molecule has 0 bridgehead atoms. The minimum Gasteiger partial charge on any atom is -0.321 e. The van der Waals surface area contributed by atoms with E-state index in [4.69, 9.17) is 16.9 Å². The first kappa shape index (κ1) is 12.0. The Morgan fingerprint density at radius 3 is 2.87 bits per heavy atom. The van der Waals surface area contributed by atoms with Crippen LogP contribution < -0.4 is 5.32 Å². The molecule has 0 saturated carbocycles. The summed E-state index contributed by atoms with van der Waals surface area (Å²) in [6, 6.07) is 4.28. The second-order valence-electron chi connectivity index (χ2n) is 2.63. The number of nitrogens with zero attached hydrogens (tertiary/aromatic N) is 1. The highest BCUT2D eigenvalue weighted by Gasteiger charge is 2.11. The second kappa shape index (κ2) is 5.10. The van der Waals surface area contributed by atoms with Gasteiger partial charge < -0.3 is 5.32 Å². The fraction of sp³-hybridized carbons (Fsp3) is 0.111. The predicted molar refractivity (Wildman–Crippen MR) is 58.0 cm³/mol. The number of hydrogen-bond donors (Lipinski definition) is 1. The Kier molecular flexibility index (Phi) is 4.06. The SMILES string of the molecule is N#CCC(=O)Nc1c(F)cc(Br)cc1Cl. The third kappa shape index (κ3) is 3.18. The summed E-state index contributed by atoms with van der Waals surface area (Å²) in [5.41, 5.74) is -0.111. The summed E-state index contributed by atoms with van der Waals surface area (Å²) in [4.78, 5) is 11.0. The molecule has 0 unspecified atom stereocenters. The topological polar surface area (TPSA) is 52.9 Å². The summed E-state index contributed by atoms with van der Waals surface area (Å²) in [6.07, 6.45) is -0.341. The van der Waals surface area contributed by atoms with Gasteiger partial charge in [-0.25, -0.2) is 4.39 Å². The zero-order valence-electron chi connectivity index (χ0n) is 7.35. The highest BCUT2D eigenvalue weighted by molar-refractivity contribution is 9.10. The zero-order valence-corrected chi connectivity index (χ0v) is 9.69. The highest BCUT2D eigenvalue weighted by Crippen LogP contribution is 2.29. The zero-order chi connectivity index (χ0) is 11.4. The molecule has 0 atom stereocenters. The lowest BCUT2D eigenvalue weighted by Gasteiger charge is -2.07. The molecule has 1 aromatic rings. The van der Waals surface area contributed by atoms with E-state index < -0.39 is 11.7 Å². The van der Waals surface area contributed by atoms with Gasteiger partial charge in [-0.15, -0.1) is 0 Å². The van der Waals surface area contributed by atoms with E-state index in [0.29, 0.717) is 4.47 Å². The number of amides is 1. The lowest BCUT2D eigenvalue weighted by atomic mass is 10.3. The first-order chi connectivity index (χ1) is 7.04. The fourth-order valence-corrected chi connectivity index (χ4v) is 1.73. The van der Waals surface area contributed by atoms with E-state index >= 15 is 0 Å². The number of carbonyl (C=O) groups excluding carboxylic acids is 1. The molecule has 0 radical (unpaired) electrons. The first-order valence-electron chi connectivity index (χ1n) is 3.86. The molecule has 1 aromatic carbocycles. The molecular weight excluding hydrogens is 286 g/mol. The molecule has 0 aliphatic heterocycles. The number of halogens is 3. The quantitative estimate of drug-likeness (QED) is 0.910. The third-order valence-electron chi connectivity index (χ3n) is 1.51. The number of nitrogens with one attached hydrogen (secondary N) is 1. The number of hydrogen-bond acceptors (Lipinski definition) is 2. The van der Waals surface area contributed by atoms with Gasteiger partial charge in [0.2, 0.25) is 5.91 Å². The van der Waals surface area contributed by atoms with Crippen LogP contribution in [0.15, 0.2) is 16.6 Å². The molecule has 0 spiro atoms. The molecule has 0 heterocycles. The Balaban J connectivity index is 2.96. The van der Waals surface area contributed by atoms with E-state index in [2.05, 4.69) is 21.2 Å². The molecular formula is C9H5BrClFN2O. The van der Waals surface area contributed by atoms with E-state index in [0.717, 1.165) is 0 Å². The van der Waals surface area contributed by atoms with Gasteiger partial charge >= 0.3 is 0 Å². The van der Waals surface area contributed by atoms with Crippen molar-refractivity contribution < 1.29 is 9.18 Å². The van der Waals surface area contributed by atoms with Crippen molar-refractivity contribution in [3.8, 4) is 6.07 Å². The Hall–Kier alpha value is -1.12. The molecule has 0 aliphatic carbocycles. The van der Waals surface area contributed by atoms with Gasteiger partial charge in [-0.3, -0.25) is 4.79 Å². The highest BCUT2D eigenvalue weighted by atomic mass is 79.9. The van der Waals surface area contributed by atoms with E-state index in [1.807, 2.05) is 0 Å². The van der Waals surface area contributed by atoms with Crippen LogP contribution in [0.4, 0.5) is 10.1 Å². The van der Waals surface area contributed by atoms with E-state index in [-0.39, 0.29) is 17.1 Å². The Morgan fingerprint density at radius 2 is 2.33 bits per heavy atom. The number of anilines is 1. The smallest absolute Gasteiger partial charge is 0.238 e. The fourth-order valence-electron chi connectivity index (χ4n) is 0.917. The van der Waals surface area contributed by atoms with Gasteiger partial charge in [-0.1, -0.05) is 27.5 Å². The van der Waals surface area contributed by atoms with Crippen molar-refractivity contribution in [3.63, 3.8) is 0 Å². The molecule has 0 fully saturated rings. The summed E-state index contributed by atoms with van der Waals surface area (Å²) in [5.74, 6) is -1.25. The average Bonchev–Trinajstić information content (AvgIpc) is 2.11. The summed E-state index contributed by atoms with van der Waals surface area (Å²) < 4.78 is 13.8. The standard InChI is InChI=1S/C9H5BrClFN2O/c10-5-3-6(11)9(7(12)4-5)14-8(15)1-2-13/h3-4H,1H2,(H,14,15). The lowest BCUT2D eigenvalue weighted by molar-refractivity contribution is -0.115. The van der Waals surface area contributed by atoms with E-state index in [1.165, 1.54) is 12.1 Å². The summed E-state index contributed by atoms with van der Waals surface area (Å²) >= 11 is 8.77. The number of rotatable bonds is 2. The largest absolute Gasteiger partial charge is 0.321 e. The minimum absolute atomic E-state index is 0.0770. The van der Waals surface area contributed by atoms with Gasteiger partial charge in [0.25, 0.3) is 0 Å². The second-order valence-corrected chi connectivity index (χ2v) is 3.95. The molecule has 3 nitrogen and oxygen atoms in total. The van der Waals surface area contributed by atoms with Gasteiger partial charge in [0.1, 0.15) is 12.2 Å². The number of carbonyl (C=O) groups is 1. The maximum Gasteiger partial charge on any atom is 0.238 e. The Morgan fingerprint density at radius 1 is 1.67 bits per heavy atom.